The highest BCUT2D eigenvalue weighted by molar-refractivity contribution is 5.86. The monoisotopic (exact) mass is 462 g/mol. The molecule has 35 heavy (non-hydrogen) atoms. The van der Waals surface area contributed by atoms with E-state index >= 15 is 0 Å². The summed E-state index contributed by atoms with van der Waals surface area (Å²) in [6, 6.07) is 35.1. The van der Waals surface area contributed by atoms with Crippen LogP contribution in [0.4, 0.5) is 0 Å². The van der Waals surface area contributed by atoms with Crippen LogP contribution >= 0.6 is 0 Å². The van der Waals surface area contributed by atoms with Crippen LogP contribution in [0.15, 0.2) is 97.1 Å². The maximum Gasteiger partial charge on any atom is 0.119 e. The maximum atomic E-state index is 5.99. The number of hydrogen-bond donors (Lipinski definition) is 0. The number of fused-ring (bicyclic) bond motifs is 3. The second-order valence-electron chi connectivity index (χ2n) is 9.29. The molecule has 0 saturated heterocycles. The van der Waals surface area contributed by atoms with Crippen molar-refractivity contribution in [3.63, 3.8) is 0 Å². The molecule has 1 aliphatic rings. The predicted octanol–water partition coefficient (Wildman–Crippen LogP) is 8.41. The Kier molecular flexibility index (Phi) is 6.90. The fraction of sp³-hybridized carbons (Fsp3) is 0.273. The van der Waals surface area contributed by atoms with Gasteiger partial charge in [-0.15, -0.1) is 0 Å². The predicted molar refractivity (Wildman–Crippen MR) is 145 cm³/mol. The molecule has 0 unspecified atom stereocenters. The first-order chi connectivity index (χ1) is 17.3. The van der Waals surface area contributed by atoms with Gasteiger partial charge in [-0.3, -0.25) is 0 Å². The first-order valence-electron chi connectivity index (χ1n) is 12.9. The van der Waals surface area contributed by atoms with Crippen LogP contribution in [0, 0.1) is 0 Å². The Morgan fingerprint density at radius 2 is 0.914 bits per heavy atom. The van der Waals surface area contributed by atoms with E-state index in [-0.39, 0.29) is 0 Å². The van der Waals surface area contributed by atoms with Gasteiger partial charge in [0.1, 0.15) is 11.5 Å². The summed E-state index contributed by atoms with van der Waals surface area (Å²) in [4.78, 5) is 0. The van der Waals surface area contributed by atoms with Gasteiger partial charge in [0.25, 0.3) is 0 Å². The van der Waals surface area contributed by atoms with Crippen LogP contribution < -0.4 is 9.47 Å². The van der Waals surface area contributed by atoms with E-state index in [1.807, 2.05) is 0 Å². The maximum absolute atomic E-state index is 5.99. The fourth-order valence-electron chi connectivity index (χ4n) is 5.29. The van der Waals surface area contributed by atoms with Crippen molar-refractivity contribution in [2.24, 2.45) is 0 Å². The molecule has 0 saturated carbocycles. The minimum absolute atomic E-state index is 0.392. The van der Waals surface area contributed by atoms with E-state index in [4.69, 9.17) is 9.47 Å². The summed E-state index contributed by atoms with van der Waals surface area (Å²) in [5.41, 5.74) is 7.34. The van der Waals surface area contributed by atoms with Gasteiger partial charge in [0.05, 0.1) is 18.6 Å². The van der Waals surface area contributed by atoms with Gasteiger partial charge in [0, 0.05) is 0 Å². The Bertz CT molecular complexity index is 1150. The molecule has 0 N–H and O–H groups in total. The van der Waals surface area contributed by atoms with Crippen molar-refractivity contribution in [2.45, 2.75) is 44.9 Å². The third-order valence-corrected chi connectivity index (χ3v) is 7.06. The van der Waals surface area contributed by atoms with Crippen LogP contribution in [0.25, 0.3) is 11.1 Å². The van der Waals surface area contributed by atoms with Gasteiger partial charge in [-0.2, -0.15) is 0 Å². The molecule has 5 rings (SSSR count). The van der Waals surface area contributed by atoms with Crippen molar-refractivity contribution < 1.29 is 9.47 Å². The summed E-state index contributed by atoms with van der Waals surface area (Å²) >= 11 is 0. The van der Waals surface area contributed by atoms with E-state index in [1.54, 1.807) is 0 Å². The van der Waals surface area contributed by atoms with Gasteiger partial charge >= 0.3 is 0 Å². The molecule has 0 bridgehead atoms. The molecule has 4 aromatic carbocycles. The average Bonchev–Trinajstić information content (AvgIpc) is 3.21. The van der Waals surface area contributed by atoms with Crippen molar-refractivity contribution >= 4 is 0 Å². The highest BCUT2D eigenvalue weighted by Crippen LogP contribution is 2.56. The lowest BCUT2D eigenvalue weighted by Crippen LogP contribution is -2.28. The first-order valence-corrected chi connectivity index (χ1v) is 12.9. The zero-order valence-corrected chi connectivity index (χ0v) is 20.8. The lowest BCUT2D eigenvalue weighted by atomic mass is 9.68. The second kappa shape index (κ2) is 10.4. The molecule has 1 aliphatic carbocycles. The molecule has 2 nitrogen and oxygen atoms in total. The lowest BCUT2D eigenvalue weighted by Gasteiger charge is -2.34. The average molecular weight is 463 g/mol. The highest BCUT2D eigenvalue weighted by Gasteiger charge is 2.45. The summed E-state index contributed by atoms with van der Waals surface area (Å²) in [5.74, 6) is 1.85. The minimum atomic E-state index is -0.392. The Morgan fingerprint density at radius 3 is 1.31 bits per heavy atom. The Morgan fingerprint density at radius 1 is 0.514 bits per heavy atom. The van der Waals surface area contributed by atoms with Gasteiger partial charge < -0.3 is 9.47 Å². The second-order valence-corrected chi connectivity index (χ2v) is 9.29. The number of ether oxygens (including phenoxy) is 2. The van der Waals surface area contributed by atoms with Gasteiger partial charge in [0.2, 0.25) is 0 Å². The summed E-state index contributed by atoms with van der Waals surface area (Å²) in [6.07, 6.45) is 4.40. The summed E-state index contributed by atoms with van der Waals surface area (Å²) < 4.78 is 12.0. The Hall–Kier alpha value is -3.52. The number of hydrogen-bond acceptors (Lipinski definition) is 2. The van der Waals surface area contributed by atoms with E-state index in [9.17, 15) is 0 Å². The Balaban J connectivity index is 1.64. The van der Waals surface area contributed by atoms with E-state index in [0.29, 0.717) is 0 Å². The molecular formula is C33H34O2. The summed E-state index contributed by atoms with van der Waals surface area (Å²) in [5, 5.41) is 0. The fourth-order valence-corrected chi connectivity index (χ4v) is 5.29. The van der Waals surface area contributed by atoms with E-state index in [1.165, 1.54) is 33.4 Å². The first kappa shape index (κ1) is 23.2. The summed E-state index contributed by atoms with van der Waals surface area (Å²) in [7, 11) is 0. The standard InChI is InChI=1S/C33H34O2/c1-3-5-23-34-27-19-15-25(16-20-27)33(26-17-21-28(22-18-26)35-24-6-4-2)31-13-9-7-11-29(31)30-12-8-10-14-32(30)33/h7-22H,3-6,23-24H2,1-2H3. The lowest BCUT2D eigenvalue weighted by molar-refractivity contribution is 0.309. The highest BCUT2D eigenvalue weighted by atomic mass is 16.5. The molecule has 0 amide bonds. The minimum Gasteiger partial charge on any atom is -0.494 e. The normalized spacial score (nSPS) is 13.2. The largest absolute Gasteiger partial charge is 0.494 e. The number of rotatable bonds is 10. The van der Waals surface area contributed by atoms with Crippen molar-refractivity contribution in [3.8, 4) is 22.6 Å². The quantitative estimate of drug-likeness (QED) is 0.194. The third-order valence-electron chi connectivity index (χ3n) is 7.06. The molecular weight excluding hydrogens is 428 g/mol. The molecule has 0 radical (unpaired) electrons. The number of unbranched alkanes of at least 4 members (excludes halogenated alkanes) is 2. The molecule has 4 aromatic rings. The van der Waals surface area contributed by atoms with Gasteiger partial charge in [-0.25, -0.2) is 0 Å². The van der Waals surface area contributed by atoms with E-state index < -0.39 is 5.41 Å². The van der Waals surface area contributed by atoms with Crippen molar-refractivity contribution in [2.75, 3.05) is 13.2 Å². The van der Waals surface area contributed by atoms with Crippen LogP contribution in [0.3, 0.4) is 0 Å². The molecule has 2 heteroatoms. The van der Waals surface area contributed by atoms with Gasteiger partial charge in [-0.1, -0.05) is 99.5 Å². The van der Waals surface area contributed by atoms with Crippen LogP contribution in [0.1, 0.15) is 61.8 Å². The van der Waals surface area contributed by atoms with Gasteiger partial charge in [-0.05, 0) is 70.5 Å². The third kappa shape index (κ3) is 4.23. The smallest absolute Gasteiger partial charge is 0.119 e. The van der Waals surface area contributed by atoms with Crippen molar-refractivity contribution in [3.05, 3.63) is 119 Å². The molecule has 0 aliphatic heterocycles. The van der Waals surface area contributed by atoms with Crippen molar-refractivity contribution in [1.82, 2.24) is 0 Å². The molecule has 0 heterocycles. The van der Waals surface area contributed by atoms with Crippen LogP contribution in [-0.2, 0) is 5.41 Å². The van der Waals surface area contributed by atoms with Crippen LogP contribution in [0.2, 0.25) is 0 Å². The molecule has 0 spiro atoms. The topological polar surface area (TPSA) is 18.5 Å². The molecule has 0 aromatic heterocycles. The molecule has 0 fully saturated rings. The zero-order valence-electron chi connectivity index (χ0n) is 20.8. The van der Waals surface area contributed by atoms with Crippen LogP contribution in [0.5, 0.6) is 11.5 Å². The summed E-state index contributed by atoms with van der Waals surface area (Å²) in [6.45, 7) is 5.88. The molecule has 0 atom stereocenters. The number of benzene rings is 4. The Labute approximate surface area is 209 Å². The van der Waals surface area contributed by atoms with E-state index in [0.717, 1.165) is 50.4 Å². The molecule has 178 valence electrons. The van der Waals surface area contributed by atoms with Gasteiger partial charge in [0.15, 0.2) is 0 Å². The van der Waals surface area contributed by atoms with Crippen molar-refractivity contribution in [1.29, 1.82) is 0 Å². The van der Waals surface area contributed by atoms with E-state index in [2.05, 4.69) is 111 Å². The zero-order chi connectivity index (χ0) is 24.1. The van der Waals surface area contributed by atoms with Crippen LogP contribution in [-0.4, -0.2) is 13.2 Å². The SMILES string of the molecule is CCCCOc1ccc(C2(c3ccc(OCCCC)cc3)c3ccccc3-c3ccccc32)cc1.